The molecule has 0 aromatic heterocycles. The smallest absolute Gasteiger partial charge is 0.198 e. The van der Waals surface area contributed by atoms with Crippen molar-refractivity contribution in [1.29, 1.82) is 0 Å². The lowest BCUT2D eigenvalue weighted by Gasteiger charge is -2.13. The predicted molar refractivity (Wildman–Crippen MR) is 65.2 cm³/mol. The summed E-state index contributed by atoms with van der Waals surface area (Å²) in [5.74, 6) is 2.65. The molecule has 0 radical (unpaired) electrons. The van der Waals surface area contributed by atoms with Gasteiger partial charge in [-0.2, -0.15) is 12.7 Å². The average molecular weight is 237 g/mol. The second-order valence-corrected chi connectivity index (χ2v) is 4.85. The Morgan fingerprint density at radius 1 is 1.12 bits per heavy atom. The fraction of sp³-hybridized carbons (Fsp3) is 0.333. The first-order valence-electron chi connectivity index (χ1n) is 5.18. The van der Waals surface area contributed by atoms with Crippen LogP contribution in [-0.4, -0.2) is 25.8 Å². The van der Waals surface area contributed by atoms with Crippen molar-refractivity contribution in [3.8, 4) is 11.2 Å². The van der Waals surface area contributed by atoms with Crippen molar-refractivity contribution in [3.05, 3.63) is 35.9 Å². The van der Waals surface area contributed by atoms with Gasteiger partial charge in [0.15, 0.2) is 0 Å². The molecular weight excluding hydrogens is 222 g/mol. The Bertz CT molecular complexity index is 479. The lowest BCUT2D eigenvalue weighted by Crippen LogP contribution is -2.29. The summed E-state index contributed by atoms with van der Waals surface area (Å²) in [4.78, 5) is 0. The minimum atomic E-state index is -3.45. The van der Waals surface area contributed by atoms with E-state index >= 15 is 0 Å². The SMILES string of the molecule is CCN(CC)S(=O)(=O)C#Cc1ccccc1. The van der Waals surface area contributed by atoms with Gasteiger partial charge in [0, 0.05) is 23.9 Å². The van der Waals surface area contributed by atoms with Crippen molar-refractivity contribution >= 4 is 10.0 Å². The van der Waals surface area contributed by atoms with Crippen molar-refractivity contribution in [2.24, 2.45) is 0 Å². The third-order valence-corrected chi connectivity index (χ3v) is 3.70. The third-order valence-electron chi connectivity index (χ3n) is 2.14. The third kappa shape index (κ3) is 3.37. The molecule has 16 heavy (non-hydrogen) atoms. The molecule has 1 aromatic carbocycles. The van der Waals surface area contributed by atoms with Crippen molar-refractivity contribution in [3.63, 3.8) is 0 Å². The van der Waals surface area contributed by atoms with Crippen LogP contribution in [-0.2, 0) is 10.0 Å². The van der Waals surface area contributed by atoms with E-state index in [1.807, 2.05) is 18.2 Å². The van der Waals surface area contributed by atoms with E-state index < -0.39 is 10.0 Å². The highest BCUT2D eigenvalue weighted by molar-refractivity contribution is 7.93. The van der Waals surface area contributed by atoms with Gasteiger partial charge in [0.25, 0.3) is 10.0 Å². The maximum atomic E-state index is 11.7. The van der Waals surface area contributed by atoms with E-state index in [0.717, 1.165) is 0 Å². The summed E-state index contributed by atoms with van der Waals surface area (Å²) in [5.41, 5.74) is 0.707. The van der Waals surface area contributed by atoms with Crippen molar-refractivity contribution in [1.82, 2.24) is 4.31 Å². The molecular formula is C12H15NO2S. The monoisotopic (exact) mass is 237 g/mol. The first-order chi connectivity index (χ1) is 7.60. The Hall–Kier alpha value is -1.31. The topological polar surface area (TPSA) is 37.4 Å². The molecule has 0 aliphatic rings. The van der Waals surface area contributed by atoms with Crippen molar-refractivity contribution in [2.75, 3.05) is 13.1 Å². The first kappa shape index (κ1) is 12.8. The fourth-order valence-electron chi connectivity index (χ4n) is 1.27. The Labute approximate surface area is 97.1 Å². The lowest BCUT2D eigenvalue weighted by atomic mass is 10.2. The van der Waals surface area contributed by atoms with Crippen LogP contribution in [0.15, 0.2) is 30.3 Å². The molecule has 0 N–H and O–H groups in total. The molecule has 3 nitrogen and oxygen atoms in total. The summed E-state index contributed by atoms with van der Waals surface area (Å²) in [7, 11) is -3.45. The number of rotatable bonds is 3. The van der Waals surface area contributed by atoms with Crippen LogP contribution in [0.3, 0.4) is 0 Å². The van der Waals surface area contributed by atoms with E-state index in [1.165, 1.54) is 4.31 Å². The van der Waals surface area contributed by atoms with E-state index in [2.05, 4.69) is 11.2 Å². The average Bonchev–Trinajstić information content (AvgIpc) is 2.29. The Balaban J connectivity index is 2.93. The number of hydrogen-bond donors (Lipinski definition) is 0. The van der Waals surface area contributed by atoms with Gasteiger partial charge in [-0.05, 0) is 18.1 Å². The van der Waals surface area contributed by atoms with Crippen LogP contribution < -0.4 is 0 Å². The van der Waals surface area contributed by atoms with Crippen LogP contribution in [0.1, 0.15) is 19.4 Å². The molecule has 4 heteroatoms. The molecule has 0 unspecified atom stereocenters. The maximum Gasteiger partial charge on any atom is 0.283 e. The Morgan fingerprint density at radius 3 is 2.19 bits per heavy atom. The van der Waals surface area contributed by atoms with Crippen molar-refractivity contribution in [2.45, 2.75) is 13.8 Å². The molecule has 1 aromatic rings. The standard InChI is InChI=1S/C12H15NO2S/c1-3-13(4-2)16(14,15)11-10-12-8-6-5-7-9-12/h5-9H,3-4H2,1-2H3. The minimum absolute atomic E-state index is 0.447. The van der Waals surface area contributed by atoms with Gasteiger partial charge in [-0.3, -0.25) is 0 Å². The summed E-state index contributed by atoms with van der Waals surface area (Å²) in [6, 6.07) is 9.08. The number of benzene rings is 1. The molecule has 0 aliphatic heterocycles. The largest absolute Gasteiger partial charge is 0.283 e. The van der Waals surface area contributed by atoms with Gasteiger partial charge in [-0.15, -0.1) is 0 Å². The molecule has 0 heterocycles. The summed E-state index contributed by atoms with van der Waals surface area (Å²) in [6.45, 7) is 4.49. The fourth-order valence-corrected chi connectivity index (χ4v) is 2.33. The minimum Gasteiger partial charge on any atom is -0.198 e. The van der Waals surface area contributed by atoms with Crippen LogP contribution in [0.2, 0.25) is 0 Å². The summed E-state index contributed by atoms with van der Waals surface area (Å²) >= 11 is 0. The van der Waals surface area contributed by atoms with Crippen molar-refractivity contribution < 1.29 is 8.42 Å². The second kappa shape index (κ2) is 5.69. The van der Waals surface area contributed by atoms with Crippen LogP contribution >= 0.6 is 0 Å². The van der Waals surface area contributed by atoms with Crippen LogP contribution in [0, 0.1) is 11.2 Å². The van der Waals surface area contributed by atoms with Crippen LogP contribution in [0.25, 0.3) is 0 Å². The zero-order valence-electron chi connectivity index (χ0n) is 9.47. The highest BCUT2D eigenvalue weighted by Gasteiger charge is 2.14. The highest BCUT2D eigenvalue weighted by Crippen LogP contribution is 2.00. The van der Waals surface area contributed by atoms with Gasteiger partial charge >= 0.3 is 0 Å². The zero-order chi connectivity index (χ0) is 12.0. The predicted octanol–water partition coefficient (Wildman–Crippen LogP) is 1.67. The van der Waals surface area contributed by atoms with E-state index in [4.69, 9.17) is 0 Å². The van der Waals surface area contributed by atoms with Crippen LogP contribution in [0.5, 0.6) is 0 Å². The Kier molecular flexibility index (Phi) is 4.53. The van der Waals surface area contributed by atoms with Gasteiger partial charge in [0.1, 0.15) is 0 Å². The Morgan fingerprint density at radius 2 is 1.69 bits per heavy atom. The molecule has 0 spiro atoms. The molecule has 86 valence electrons. The number of hydrogen-bond acceptors (Lipinski definition) is 2. The second-order valence-electron chi connectivity index (χ2n) is 3.18. The molecule has 0 saturated heterocycles. The van der Waals surface area contributed by atoms with Gasteiger partial charge in [-0.1, -0.05) is 32.0 Å². The molecule has 0 saturated carbocycles. The number of sulfonamides is 1. The van der Waals surface area contributed by atoms with Gasteiger partial charge in [-0.25, -0.2) is 0 Å². The zero-order valence-corrected chi connectivity index (χ0v) is 10.3. The van der Waals surface area contributed by atoms with E-state index in [1.54, 1.807) is 26.0 Å². The highest BCUT2D eigenvalue weighted by atomic mass is 32.2. The maximum absolute atomic E-state index is 11.7. The molecule has 0 bridgehead atoms. The quantitative estimate of drug-likeness (QED) is 0.750. The molecule has 0 aliphatic carbocycles. The molecule has 0 fully saturated rings. The van der Waals surface area contributed by atoms with E-state index in [9.17, 15) is 8.42 Å². The summed E-state index contributed by atoms with van der Waals surface area (Å²) < 4.78 is 24.8. The van der Waals surface area contributed by atoms with E-state index in [0.29, 0.717) is 18.7 Å². The number of nitrogens with zero attached hydrogens (tertiary/aromatic N) is 1. The van der Waals surface area contributed by atoms with Gasteiger partial charge in [0.2, 0.25) is 0 Å². The summed E-state index contributed by atoms with van der Waals surface area (Å²) in [5, 5.41) is 2.33. The first-order valence-corrected chi connectivity index (χ1v) is 6.62. The van der Waals surface area contributed by atoms with E-state index in [-0.39, 0.29) is 0 Å². The van der Waals surface area contributed by atoms with Gasteiger partial charge in [0.05, 0.1) is 0 Å². The molecule has 0 atom stereocenters. The molecule has 0 amide bonds. The normalized spacial score (nSPS) is 10.9. The van der Waals surface area contributed by atoms with Gasteiger partial charge < -0.3 is 0 Å². The molecule has 1 rings (SSSR count). The van der Waals surface area contributed by atoms with Crippen LogP contribution in [0.4, 0.5) is 0 Å². The summed E-state index contributed by atoms with van der Waals surface area (Å²) in [6.07, 6.45) is 0. The lowest BCUT2D eigenvalue weighted by molar-refractivity contribution is 0.454.